The van der Waals surface area contributed by atoms with E-state index in [0.29, 0.717) is 11.3 Å². The molecule has 0 radical (unpaired) electrons. The fraction of sp³-hybridized carbons (Fsp3) is 0.364. The van der Waals surface area contributed by atoms with Gasteiger partial charge in [0.2, 0.25) is 0 Å². The second-order valence-electron chi connectivity index (χ2n) is 3.39. The fourth-order valence-electron chi connectivity index (χ4n) is 1.00. The molecule has 0 fully saturated rings. The van der Waals surface area contributed by atoms with Crippen LogP contribution in [0.2, 0.25) is 0 Å². The van der Waals surface area contributed by atoms with E-state index in [2.05, 4.69) is 0 Å². The Hall–Kier alpha value is -1.05. The molecule has 0 amide bonds. The van der Waals surface area contributed by atoms with Gasteiger partial charge in [0.25, 0.3) is 0 Å². The third kappa shape index (κ3) is 3.90. The standard InChI is InChI=1S/C11H12FNOS/c1-8(6-14)7-15-11-3-9(5-13)2-10(12)4-11/h2-4,8,14H,6-7H2,1H3. The van der Waals surface area contributed by atoms with E-state index < -0.39 is 5.82 Å². The first-order chi connectivity index (χ1) is 7.15. The van der Waals surface area contributed by atoms with Gasteiger partial charge in [-0.05, 0) is 24.1 Å². The first-order valence-electron chi connectivity index (χ1n) is 4.60. The van der Waals surface area contributed by atoms with E-state index in [4.69, 9.17) is 10.4 Å². The highest BCUT2D eigenvalue weighted by Gasteiger charge is 2.04. The van der Waals surface area contributed by atoms with Crippen molar-refractivity contribution < 1.29 is 9.50 Å². The van der Waals surface area contributed by atoms with Gasteiger partial charge in [-0.15, -0.1) is 11.8 Å². The Bertz CT molecular complexity index is 375. The van der Waals surface area contributed by atoms with Gasteiger partial charge in [-0.1, -0.05) is 6.92 Å². The molecule has 0 aliphatic carbocycles. The van der Waals surface area contributed by atoms with Crippen molar-refractivity contribution in [3.63, 3.8) is 0 Å². The number of halogens is 1. The smallest absolute Gasteiger partial charge is 0.125 e. The summed E-state index contributed by atoms with van der Waals surface area (Å²) in [6, 6.07) is 6.16. The van der Waals surface area contributed by atoms with Crippen LogP contribution in [0.1, 0.15) is 12.5 Å². The molecule has 0 aliphatic rings. The molecule has 80 valence electrons. The number of nitriles is 1. The molecule has 1 atom stereocenters. The second-order valence-corrected chi connectivity index (χ2v) is 4.48. The molecule has 0 saturated carbocycles. The number of rotatable bonds is 4. The van der Waals surface area contributed by atoms with Gasteiger partial charge in [0.05, 0.1) is 11.6 Å². The summed E-state index contributed by atoms with van der Waals surface area (Å²) in [5.41, 5.74) is 0.328. The van der Waals surface area contributed by atoms with Gasteiger partial charge in [-0.25, -0.2) is 4.39 Å². The van der Waals surface area contributed by atoms with Crippen molar-refractivity contribution in [3.8, 4) is 6.07 Å². The molecular formula is C11H12FNOS. The van der Waals surface area contributed by atoms with Crippen LogP contribution in [0.5, 0.6) is 0 Å². The SMILES string of the molecule is CC(CO)CSc1cc(F)cc(C#N)c1. The average molecular weight is 225 g/mol. The van der Waals surface area contributed by atoms with Gasteiger partial charge >= 0.3 is 0 Å². The molecule has 15 heavy (non-hydrogen) atoms. The Labute approximate surface area is 92.7 Å². The molecule has 2 nitrogen and oxygen atoms in total. The highest BCUT2D eigenvalue weighted by atomic mass is 32.2. The largest absolute Gasteiger partial charge is 0.396 e. The molecular weight excluding hydrogens is 213 g/mol. The molecule has 1 rings (SSSR count). The number of hydrogen-bond acceptors (Lipinski definition) is 3. The molecule has 1 aromatic rings. The summed E-state index contributed by atoms with van der Waals surface area (Å²) in [4.78, 5) is 0.729. The van der Waals surface area contributed by atoms with Crippen LogP contribution in [0.25, 0.3) is 0 Å². The Morgan fingerprint density at radius 3 is 2.87 bits per heavy atom. The molecule has 0 heterocycles. The summed E-state index contributed by atoms with van der Waals surface area (Å²) in [5.74, 6) is 0.488. The lowest BCUT2D eigenvalue weighted by Gasteiger charge is -2.07. The molecule has 0 saturated heterocycles. The number of aliphatic hydroxyl groups is 1. The van der Waals surface area contributed by atoms with E-state index in [1.54, 1.807) is 6.07 Å². The summed E-state index contributed by atoms with van der Waals surface area (Å²) in [6.45, 7) is 2.03. The number of thioether (sulfide) groups is 1. The molecule has 1 N–H and O–H groups in total. The van der Waals surface area contributed by atoms with Crippen molar-refractivity contribution in [1.82, 2.24) is 0 Å². The van der Waals surface area contributed by atoms with Crippen LogP contribution in [0, 0.1) is 23.1 Å². The van der Waals surface area contributed by atoms with Crippen molar-refractivity contribution in [3.05, 3.63) is 29.6 Å². The first-order valence-corrected chi connectivity index (χ1v) is 5.58. The molecule has 0 aliphatic heterocycles. The summed E-state index contributed by atoms with van der Waals surface area (Å²) in [7, 11) is 0. The van der Waals surface area contributed by atoms with Crippen LogP contribution in [0.15, 0.2) is 23.1 Å². The molecule has 1 aromatic carbocycles. The Morgan fingerprint density at radius 2 is 2.27 bits per heavy atom. The quantitative estimate of drug-likeness (QED) is 0.800. The highest BCUT2D eigenvalue weighted by molar-refractivity contribution is 7.99. The number of aliphatic hydroxyl groups excluding tert-OH is 1. The zero-order chi connectivity index (χ0) is 11.3. The fourth-order valence-corrected chi connectivity index (χ4v) is 1.99. The summed E-state index contributed by atoms with van der Waals surface area (Å²) < 4.78 is 13.0. The lowest BCUT2D eigenvalue weighted by Crippen LogP contribution is -2.03. The monoisotopic (exact) mass is 225 g/mol. The van der Waals surface area contributed by atoms with E-state index in [9.17, 15) is 4.39 Å². The van der Waals surface area contributed by atoms with Crippen molar-refractivity contribution >= 4 is 11.8 Å². The number of hydrogen-bond donors (Lipinski definition) is 1. The second kappa shape index (κ2) is 5.74. The summed E-state index contributed by atoms with van der Waals surface area (Å²) in [5, 5.41) is 17.5. The minimum absolute atomic E-state index is 0.118. The third-order valence-electron chi connectivity index (χ3n) is 1.85. The third-order valence-corrected chi connectivity index (χ3v) is 3.15. The van der Waals surface area contributed by atoms with E-state index in [-0.39, 0.29) is 12.5 Å². The Balaban J connectivity index is 2.69. The van der Waals surface area contributed by atoms with E-state index >= 15 is 0 Å². The normalized spacial score (nSPS) is 12.1. The highest BCUT2D eigenvalue weighted by Crippen LogP contribution is 2.22. The maximum Gasteiger partial charge on any atom is 0.125 e. The van der Waals surface area contributed by atoms with Crippen molar-refractivity contribution in [2.45, 2.75) is 11.8 Å². The maximum absolute atomic E-state index is 13.0. The lowest BCUT2D eigenvalue weighted by atomic mass is 10.2. The Morgan fingerprint density at radius 1 is 1.53 bits per heavy atom. The first kappa shape index (κ1) is 12.0. The molecule has 4 heteroatoms. The molecule has 1 unspecified atom stereocenters. The summed E-state index contributed by atoms with van der Waals surface area (Å²) >= 11 is 1.45. The molecule has 0 spiro atoms. The van der Waals surface area contributed by atoms with Gasteiger partial charge in [-0.2, -0.15) is 5.26 Å². The van der Waals surface area contributed by atoms with Gasteiger partial charge in [-0.3, -0.25) is 0 Å². The van der Waals surface area contributed by atoms with Crippen LogP contribution >= 0.6 is 11.8 Å². The van der Waals surface area contributed by atoms with Crippen LogP contribution < -0.4 is 0 Å². The Kier molecular flexibility index (Phi) is 4.60. The minimum atomic E-state index is -0.395. The minimum Gasteiger partial charge on any atom is -0.396 e. The topological polar surface area (TPSA) is 44.0 Å². The zero-order valence-electron chi connectivity index (χ0n) is 8.40. The predicted octanol–water partition coefficient (Wildman–Crippen LogP) is 2.42. The van der Waals surface area contributed by atoms with Crippen LogP contribution in [0.3, 0.4) is 0 Å². The van der Waals surface area contributed by atoms with Gasteiger partial charge < -0.3 is 5.11 Å². The van der Waals surface area contributed by atoms with E-state index in [1.807, 2.05) is 13.0 Å². The summed E-state index contributed by atoms with van der Waals surface area (Å²) in [6.07, 6.45) is 0. The van der Waals surface area contributed by atoms with Crippen molar-refractivity contribution in [2.75, 3.05) is 12.4 Å². The predicted molar refractivity (Wildman–Crippen MR) is 58.1 cm³/mol. The van der Waals surface area contributed by atoms with Gasteiger partial charge in [0, 0.05) is 17.3 Å². The molecule has 0 bridgehead atoms. The zero-order valence-corrected chi connectivity index (χ0v) is 9.22. The van der Waals surface area contributed by atoms with Crippen molar-refractivity contribution in [2.24, 2.45) is 5.92 Å². The average Bonchev–Trinajstić information content (AvgIpc) is 2.25. The number of nitrogens with zero attached hydrogens (tertiary/aromatic N) is 1. The van der Waals surface area contributed by atoms with Gasteiger partial charge in [0.1, 0.15) is 5.82 Å². The van der Waals surface area contributed by atoms with Gasteiger partial charge in [0.15, 0.2) is 0 Å². The van der Waals surface area contributed by atoms with Crippen LogP contribution in [-0.2, 0) is 0 Å². The van der Waals surface area contributed by atoms with Crippen LogP contribution in [-0.4, -0.2) is 17.5 Å². The van der Waals surface area contributed by atoms with E-state index in [0.717, 1.165) is 4.90 Å². The molecule has 0 aromatic heterocycles. The number of benzene rings is 1. The van der Waals surface area contributed by atoms with Crippen LogP contribution in [0.4, 0.5) is 4.39 Å². The van der Waals surface area contributed by atoms with Crippen molar-refractivity contribution in [1.29, 1.82) is 5.26 Å². The lowest BCUT2D eigenvalue weighted by molar-refractivity contribution is 0.250. The maximum atomic E-state index is 13.0. The van der Waals surface area contributed by atoms with E-state index in [1.165, 1.54) is 23.9 Å².